The van der Waals surface area contributed by atoms with E-state index >= 15 is 0 Å². The van der Waals surface area contributed by atoms with E-state index in [-0.39, 0.29) is 0 Å². The number of hydrazine groups is 1. The number of nitrogen functional groups attached to an aromatic ring is 1. The Bertz CT molecular complexity index is 799. The van der Waals surface area contributed by atoms with Gasteiger partial charge >= 0.3 is 0 Å². The summed E-state index contributed by atoms with van der Waals surface area (Å²) < 4.78 is 0. The quantitative estimate of drug-likeness (QED) is 0.0208. The Morgan fingerprint density at radius 1 is 0.653 bits per heavy atom. The van der Waals surface area contributed by atoms with E-state index in [2.05, 4.69) is 71.8 Å². The molecule has 1 aromatic carbocycles. The summed E-state index contributed by atoms with van der Waals surface area (Å²) in [6.45, 7) is 17.8. The van der Waals surface area contributed by atoms with Crippen LogP contribution in [0, 0.1) is 11.8 Å². The molecule has 4 N–H and O–H groups in total. The third-order valence-corrected chi connectivity index (χ3v) is 9.90. The van der Waals surface area contributed by atoms with Gasteiger partial charge in [0.2, 0.25) is 0 Å². The summed E-state index contributed by atoms with van der Waals surface area (Å²) in [7, 11) is 0. The van der Waals surface area contributed by atoms with Gasteiger partial charge in [-0.1, -0.05) is 188 Å². The first-order valence-electron chi connectivity index (χ1n) is 21.0. The Morgan fingerprint density at radius 3 is 1.65 bits per heavy atom. The highest BCUT2D eigenvalue weighted by atomic mass is 32.2. The molecule has 5 heteroatoms. The molecule has 1 atom stereocenters. The van der Waals surface area contributed by atoms with Crippen LogP contribution in [0.5, 0.6) is 0 Å². The van der Waals surface area contributed by atoms with Crippen molar-refractivity contribution in [1.29, 1.82) is 0 Å². The Morgan fingerprint density at radius 2 is 1.16 bits per heavy atom. The number of nitrogens with zero attached hydrogens (tertiary/aromatic N) is 2. The minimum absolute atomic E-state index is 0.708. The van der Waals surface area contributed by atoms with Crippen LogP contribution in [0.25, 0.3) is 0 Å². The fourth-order valence-corrected chi connectivity index (χ4v) is 6.29. The smallest absolute Gasteiger partial charge is 0.0868 e. The summed E-state index contributed by atoms with van der Waals surface area (Å²) in [5, 5.41) is 1.77. The third-order valence-electron chi connectivity index (χ3n) is 9.28. The van der Waals surface area contributed by atoms with Crippen molar-refractivity contribution in [3.63, 3.8) is 0 Å². The molecule has 0 aromatic heterocycles. The SMILES string of the molecule is CCCCC(C)C.CCCCCCC(C)CC.CCCCCCCC/C=C/CCCCCCCCN(CSC)CN(N)c1ccccc1N. The molecule has 290 valence electrons. The summed E-state index contributed by atoms with van der Waals surface area (Å²) in [4.78, 5) is 2.41. The van der Waals surface area contributed by atoms with Crippen molar-refractivity contribution >= 4 is 23.1 Å². The second kappa shape index (κ2) is 39.6. The van der Waals surface area contributed by atoms with E-state index in [9.17, 15) is 0 Å². The average molecular weight is 705 g/mol. The lowest BCUT2D eigenvalue weighted by Gasteiger charge is -2.28. The molecule has 0 aliphatic rings. The minimum atomic E-state index is 0.708. The van der Waals surface area contributed by atoms with Crippen molar-refractivity contribution in [2.45, 2.75) is 196 Å². The number of unbranched alkanes of at least 4 members (excludes halogenated alkanes) is 16. The number of nitrogens with two attached hydrogens (primary N) is 2. The molecule has 1 rings (SSSR count). The van der Waals surface area contributed by atoms with Crippen molar-refractivity contribution < 1.29 is 0 Å². The second-order valence-electron chi connectivity index (χ2n) is 14.8. The standard InChI is InChI=1S/C27H50N4S.C10H22.C7H16/c1-3-4-5-6-7-8-9-10-11-12-13-14-15-16-17-20-23-30(25-32-2)24-31(29)27-22-19-18-21-26(27)28;1-4-6-7-8-9-10(3)5-2;1-4-5-6-7(2)3/h10-11,18-19,21-22H,3-9,12-17,20,23-25,28-29H2,1-2H3;10H,4-9H2,1-3H3;7H,4-6H2,1-3H3/b11-10+;;. The maximum atomic E-state index is 6.29. The number of benzene rings is 1. The van der Waals surface area contributed by atoms with Crippen LogP contribution < -0.4 is 16.6 Å². The van der Waals surface area contributed by atoms with Gasteiger partial charge in [0.25, 0.3) is 0 Å². The number of thioether (sulfide) groups is 1. The molecule has 4 nitrogen and oxygen atoms in total. The van der Waals surface area contributed by atoms with E-state index in [1.54, 1.807) is 5.01 Å². The first-order chi connectivity index (χ1) is 23.8. The Hall–Kier alpha value is -1.17. The highest BCUT2D eigenvalue weighted by Gasteiger charge is 2.11. The van der Waals surface area contributed by atoms with E-state index in [1.165, 1.54) is 148 Å². The molecule has 0 saturated heterocycles. The summed E-state index contributed by atoms with van der Waals surface area (Å²) in [6.07, 6.45) is 38.4. The maximum Gasteiger partial charge on any atom is 0.0868 e. The van der Waals surface area contributed by atoms with E-state index in [1.807, 2.05) is 36.0 Å². The summed E-state index contributed by atoms with van der Waals surface area (Å²) >= 11 is 1.85. The van der Waals surface area contributed by atoms with Crippen molar-refractivity contribution in [1.82, 2.24) is 4.90 Å². The number of hydrogen-bond acceptors (Lipinski definition) is 5. The third kappa shape index (κ3) is 36.4. The lowest BCUT2D eigenvalue weighted by Crippen LogP contribution is -2.43. The molecule has 0 heterocycles. The number of para-hydroxylation sites is 2. The van der Waals surface area contributed by atoms with Gasteiger partial charge in [0.15, 0.2) is 0 Å². The number of rotatable bonds is 30. The monoisotopic (exact) mass is 705 g/mol. The van der Waals surface area contributed by atoms with Gasteiger partial charge < -0.3 is 5.73 Å². The zero-order valence-electron chi connectivity index (χ0n) is 34.5. The average Bonchev–Trinajstić information content (AvgIpc) is 3.09. The fraction of sp³-hybridized carbons (Fsp3) is 0.818. The Balaban J connectivity index is 0. The summed E-state index contributed by atoms with van der Waals surface area (Å²) in [6, 6.07) is 7.81. The van der Waals surface area contributed by atoms with Crippen LogP contribution >= 0.6 is 11.8 Å². The van der Waals surface area contributed by atoms with Crippen LogP contribution in [0.3, 0.4) is 0 Å². The normalized spacial score (nSPS) is 11.8. The Kier molecular flexibility index (Phi) is 40.4. The van der Waals surface area contributed by atoms with Gasteiger partial charge in [-0.25, -0.2) is 5.84 Å². The van der Waals surface area contributed by atoms with Crippen LogP contribution in [0.15, 0.2) is 36.4 Å². The summed E-state index contributed by atoms with van der Waals surface area (Å²) in [5.74, 6) is 9.13. The van der Waals surface area contributed by atoms with E-state index in [4.69, 9.17) is 11.6 Å². The van der Waals surface area contributed by atoms with Gasteiger partial charge in [-0.05, 0) is 62.3 Å². The molecule has 1 unspecified atom stereocenters. The van der Waals surface area contributed by atoms with Crippen molar-refractivity contribution in [2.24, 2.45) is 17.7 Å². The predicted molar refractivity (Wildman–Crippen MR) is 230 cm³/mol. The molecule has 49 heavy (non-hydrogen) atoms. The fourth-order valence-electron chi connectivity index (χ4n) is 5.72. The predicted octanol–water partition coefficient (Wildman–Crippen LogP) is 14.4. The molecule has 0 spiro atoms. The molecule has 0 saturated carbocycles. The molecule has 0 radical (unpaired) electrons. The zero-order valence-corrected chi connectivity index (χ0v) is 35.3. The molecular weight excluding hydrogens is 617 g/mol. The largest absolute Gasteiger partial charge is 0.397 e. The minimum Gasteiger partial charge on any atom is -0.397 e. The van der Waals surface area contributed by atoms with E-state index in [0.717, 1.165) is 35.6 Å². The van der Waals surface area contributed by atoms with Crippen LogP contribution in [0.4, 0.5) is 11.4 Å². The zero-order chi connectivity index (χ0) is 36.8. The van der Waals surface area contributed by atoms with E-state index in [0.29, 0.717) is 6.67 Å². The molecule has 0 amide bonds. The molecular formula is C44H88N4S. The number of hydrogen-bond donors (Lipinski definition) is 2. The molecule has 0 fully saturated rings. The van der Waals surface area contributed by atoms with Gasteiger partial charge in [0.05, 0.1) is 18.0 Å². The highest BCUT2D eigenvalue weighted by molar-refractivity contribution is 7.98. The number of anilines is 2. The van der Waals surface area contributed by atoms with Crippen LogP contribution in [-0.4, -0.2) is 30.2 Å². The van der Waals surface area contributed by atoms with Crippen LogP contribution in [-0.2, 0) is 0 Å². The second-order valence-corrected chi connectivity index (χ2v) is 15.7. The van der Waals surface area contributed by atoms with Gasteiger partial charge in [0, 0.05) is 12.4 Å². The lowest BCUT2D eigenvalue weighted by atomic mass is 10.0. The molecule has 0 bridgehead atoms. The van der Waals surface area contributed by atoms with Gasteiger partial charge in [-0.3, -0.25) is 9.91 Å². The molecule has 1 aromatic rings. The van der Waals surface area contributed by atoms with Gasteiger partial charge in [0.1, 0.15) is 0 Å². The molecule has 0 aliphatic carbocycles. The highest BCUT2D eigenvalue weighted by Crippen LogP contribution is 2.20. The van der Waals surface area contributed by atoms with Crippen molar-refractivity contribution in [3.05, 3.63) is 36.4 Å². The number of allylic oxidation sites excluding steroid dienone is 2. The Labute approximate surface area is 313 Å². The van der Waals surface area contributed by atoms with Gasteiger partial charge in [-0.15, -0.1) is 11.8 Å². The van der Waals surface area contributed by atoms with Crippen molar-refractivity contribution in [2.75, 3.05) is 36.1 Å². The van der Waals surface area contributed by atoms with Crippen LogP contribution in [0.2, 0.25) is 0 Å². The summed E-state index contributed by atoms with van der Waals surface area (Å²) in [5.41, 5.74) is 7.70. The van der Waals surface area contributed by atoms with Crippen LogP contribution in [0.1, 0.15) is 196 Å². The van der Waals surface area contributed by atoms with Crippen molar-refractivity contribution in [3.8, 4) is 0 Å². The first kappa shape index (κ1) is 49.9. The molecule has 0 aliphatic heterocycles. The topological polar surface area (TPSA) is 58.5 Å². The first-order valence-corrected chi connectivity index (χ1v) is 22.4. The van der Waals surface area contributed by atoms with E-state index < -0.39 is 0 Å². The maximum absolute atomic E-state index is 6.29. The lowest BCUT2D eigenvalue weighted by molar-refractivity contribution is 0.310. The van der Waals surface area contributed by atoms with Gasteiger partial charge in [-0.2, -0.15) is 0 Å².